The monoisotopic (exact) mass is 419 g/mol. The van der Waals surface area contributed by atoms with Crippen LogP contribution in [0.1, 0.15) is 24.8 Å². The number of nitrogens with one attached hydrogen (secondary N) is 1. The Balaban J connectivity index is 1.67. The first-order valence-electron chi connectivity index (χ1n) is 10.5. The van der Waals surface area contributed by atoms with E-state index in [9.17, 15) is 18.0 Å². The van der Waals surface area contributed by atoms with E-state index in [1.807, 2.05) is 0 Å². The fourth-order valence-corrected chi connectivity index (χ4v) is 5.24. The summed E-state index contributed by atoms with van der Waals surface area (Å²) in [7, 11) is 2.08. The molecule has 3 unspecified atom stereocenters. The predicted octanol–water partition coefficient (Wildman–Crippen LogP) is 3.16. The van der Waals surface area contributed by atoms with Crippen molar-refractivity contribution in [2.45, 2.75) is 42.9 Å². The van der Waals surface area contributed by atoms with Crippen LogP contribution in [0.2, 0.25) is 0 Å². The molecule has 1 saturated carbocycles. The number of alkyl halides is 3. The molecule has 1 aliphatic heterocycles. The molecule has 1 heterocycles. The van der Waals surface area contributed by atoms with Crippen LogP contribution >= 0.6 is 0 Å². The summed E-state index contributed by atoms with van der Waals surface area (Å²) in [4.78, 5) is 14.5. The van der Waals surface area contributed by atoms with Crippen molar-refractivity contribution in [3.8, 4) is 0 Å². The number of nitrogens with zero attached hydrogens (tertiary/aromatic N) is 1. The highest BCUT2D eigenvalue weighted by molar-refractivity contribution is 5.94. The van der Waals surface area contributed by atoms with Gasteiger partial charge in [-0.05, 0) is 50.9 Å². The van der Waals surface area contributed by atoms with E-state index in [2.05, 4.69) is 17.3 Å². The van der Waals surface area contributed by atoms with E-state index in [-0.39, 0.29) is 23.1 Å². The number of carbonyl (C=O) groups excluding carboxylic acids is 1. The lowest BCUT2D eigenvalue weighted by molar-refractivity contribution is -0.190. The summed E-state index contributed by atoms with van der Waals surface area (Å²) in [6, 6.07) is 8.17. The fourth-order valence-electron chi connectivity index (χ4n) is 5.24. The molecule has 0 bridgehead atoms. The number of likely N-dealkylation sites (tertiary alicyclic amines) is 1. The van der Waals surface area contributed by atoms with Crippen molar-refractivity contribution < 1.29 is 18.0 Å². The van der Waals surface area contributed by atoms with Crippen LogP contribution in [0.3, 0.4) is 0 Å². The minimum absolute atomic E-state index is 0.0388. The second-order valence-electron chi connectivity index (χ2n) is 8.81. The third-order valence-electron chi connectivity index (χ3n) is 6.90. The van der Waals surface area contributed by atoms with Crippen LogP contribution in [0.5, 0.6) is 0 Å². The Morgan fingerprint density at radius 3 is 2.47 bits per heavy atom. The summed E-state index contributed by atoms with van der Waals surface area (Å²) in [5.41, 5.74) is 3.53. The number of hydrogen-bond donors (Lipinski definition) is 2. The van der Waals surface area contributed by atoms with Gasteiger partial charge in [-0.2, -0.15) is 13.2 Å². The maximum Gasteiger partial charge on any atom is 0.402 e. The van der Waals surface area contributed by atoms with Crippen LogP contribution in [0.4, 0.5) is 13.2 Å². The molecule has 7 heteroatoms. The highest BCUT2D eigenvalue weighted by Crippen LogP contribution is 2.59. The number of benzene rings is 1. The van der Waals surface area contributed by atoms with Gasteiger partial charge in [0.15, 0.2) is 0 Å². The van der Waals surface area contributed by atoms with E-state index in [1.165, 1.54) is 30.4 Å². The summed E-state index contributed by atoms with van der Waals surface area (Å²) in [5.74, 6) is -2.11. The molecule has 1 amide bonds. The molecule has 1 saturated heterocycles. The van der Waals surface area contributed by atoms with Crippen molar-refractivity contribution in [2.75, 3.05) is 20.1 Å². The highest BCUT2D eigenvalue weighted by Gasteiger charge is 2.65. The molecule has 0 spiro atoms. The maximum absolute atomic E-state index is 14.7. The molecule has 0 aromatic heterocycles. The lowest BCUT2D eigenvalue weighted by atomic mass is 9.62. The molecule has 162 valence electrons. The summed E-state index contributed by atoms with van der Waals surface area (Å²) >= 11 is 0. The Morgan fingerprint density at radius 2 is 1.87 bits per heavy atom. The third-order valence-corrected chi connectivity index (χ3v) is 6.90. The van der Waals surface area contributed by atoms with E-state index < -0.39 is 23.4 Å². The van der Waals surface area contributed by atoms with Gasteiger partial charge in [-0.1, -0.05) is 48.6 Å². The van der Waals surface area contributed by atoms with Gasteiger partial charge in [-0.25, -0.2) is 0 Å². The van der Waals surface area contributed by atoms with E-state index >= 15 is 0 Å². The normalized spacial score (nSPS) is 32.7. The lowest BCUT2D eigenvalue weighted by Gasteiger charge is -2.43. The lowest BCUT2D eigenvalue weighted by Crippen LogP contribution is -2.52. The van der Waals surface area contributed by atoms with Crippen LogP contribution in [0.25, 0.3) is 0 Å². The topological polar surface area (TPSA) is 58.4 Å². The van der Waals surface area contributed by atoms with Crippen molar-refractivity contribution in [1.82, 2.24) is 10.2 Å². The average molecular weight is 419 g/mol. The summed E-state index contributed by atoms with van der Waals surface area (Å²) in [6.45, 7) is 1.95. The van der Waals surface area contributed by atoms with Gasteiger partial charge in [0.1, 0.15) is 5.41 Å². The second kappa shape index (κ2) is 7.85. The average Bonchev–Trinajstić information content (AvgIpc) is 3.47. The molecule has 30 heavy (non-hydrogen) atoms. The van der Waals surface area contributed by atoms with Gasteiger partial charge in [-0.3, -0.25) is 4.79 Å². The number of amides is 1. The molecule has 2 fully saturated rings. The first-order chi connectivity index (χ1) is 14.2. The van der Waals surface area contributed by atoms with E-state index in [4.69, 9.17) is 5.73 Å². The van der Waals surface area contributed by atoms with E-state index in [0.717, 1.165) is 25.9 Å². The van der Waals surface area contributed by atoms with Gasteiger partial charge in [0.2, 0.25) is 5.91 Å². The predicted molar refractivity (Wildman–Crippen MR) is 110 cm³/mol. The number of piperidine rings is 1. The zero-order chi connectivity index (χ0) is 21.5. The Kier molecular flexibility index (Phi) is 5.53. The molecular formula is C23H28F3N3O. The number of allylic oxidation sites excluding steroid dienone is 3. The van der Waals surface area contributed by atoms with Gasteiger partial charge in [-0.15, -0.1) is 0 Å². The van der Waals surface area contributed by atoms with Gasteiger partial charge in [0, 0.05) is 23.6 Å². The smallest absolute Gasteiger partial charge is 0.366 e. The minimum Gasteiger partial charge on any atom is -0.366 e. The number of hydrogen-bond acceptors (Lipinski definition) is 3. The Morgan fingerprint density at radius 1 is 1.20 bits per heavy atom. The third kappa shape index (κ3) is 3.69. The highest BCUT2D eigenvalue weighted by atomic mass is 19.4. The zero-order valence-electron chi connectivity index (χ0n) is 17.0. The van der Waals surface area contributed by atoms with Crippen molar-refractivity contribution in [2.24, 2.45) is 17.6 Å². The fraction of sp³-hybridized carbons (Fsp3) is 0.522. The first kappa shape index (κ1) is 21.1. The molecular weight excluding hydrogens is 391 g/mol. The van der Waals surface area contributed by atoms with Crippen LogP contribution in [-0.4, -0.2) is 49.2 Å². The Bertz CT molecular complexity index is 843. The molecule has 0 radical (unpaired) electrons. The second-order valence-corrected chi connectivity index (χ2v) is 8.81. The van der Waals surface area contributed by atoms with Gasteiger partial charge in [0.25, 0.3) is 0 Å². The van der Waals surface area contributed by atoms with Crippen LogP contribution in [0.15, 0.2) is 54.1 Å². The maximum atomic E-state index is 14.7. The number of primary amides is 1. The van der Waals surface area contributed by atoms with Crippen molar-refractivity contribution in [3.63, 3.8) is 0 Å². The van der Waals surface area contributed by atoms with Crippen molar-refractivity contribution >= 4 is 5.91 Å². The summed E-state index contributed by atoms with van der Waals surface area (Å²) in [6.07, 6.45) is 2.01. The number of halogens is 3. The van der Waals surface area contributed by atoms with Crippen LogP contribution in [-0.2, 0) is 10.2 Å². The molecule has 3 aliphatic rings. The van der Waals surface area contributed by atoms with Crippen molar-refractivity contribution in [1.29, 1.82) is 0 Å². The number of nitrogens with two attached hydrogens (primary N) is 1. The Hall–Kier alpha value is -2.12. The molecule has 4 atom stereocenters. The van der Waals surface area contributed by atoms with Gasteiger partial charge >= 0.3 is 6.18 Å². The van der Waals surface area contributed by atoms with Crippen molar-refractivity contribution in [3.05, 3.63) is 59.7 Å². The minimum atomic E-state index is -4.56. The first-order valence-corrected chi connectivity index (χ1v) is 10.5. The van der Waals surface area contributed by atoms with Crippen LogP contribution in [0, 0.1) is 11.8 Å². The SMILES string of the molecule is CN1CCC(NC2CC2[C@@H]2C(C(N)=O)=CC=CC2(c2ccccc2)C(F)(F)F)CC1. The van der Waals surface area contributed by atoms with Crippen LogP contribution < -0.4 is 11.1 Å². The van der Waals surface area contributed by atoms with E-state index in [1.54, 1.807) is 18.2 Å². The quantitative estimate of drug-likeness (QED) is 0.771. The molecule has 1 aromatic carbocycles. The zero-order valence-corrected chi connectivity index (χ0v) is 17.0. The molecule has 2 aliphatic carbocycles. The summed E-state index contributed by atoms with van der Waals surface area (Å²) < 4.78 is 44.2. The molecule has 1 aromatic rings. The summed E-state index contributed by atoms with van der Waals surface area (Å²) in [5, 5.41) is 3.56. The standard InChI is InChI=1S/C23H28F3N3O/c1-29-12-9-16(10-13-29)28-19-14-18(19)20-17(21(27)30)8-5-11-22(20,23(24,25)26)15-6-3-2-4-7-15/h2-8,11,16,18-20,28H,9-10,12-14H2,1H3,(H2,27,30)/t18?,19?,20-,22?/m0/s1. The Labute approximate surface area is 175 Å². The molecule has 4 nitrogen and oxygen atoms in total. The van der Waals surface area contributed by atoms with Gasteiger partial charge < -0.3 is 16.0 Å². The molecule has 3 N–H and O–H groups in total. The largest absolute Gasteiger partial charge is 0.402 e. The van der Waals surface area contributed by atoms with Gasteiger partial charge in [0.05, 0.1) is 0 Å². The van der Waals surface area contributed by atoms with E-state index in [0.29, 0.717) is 12.5 Å². The molecule has 4 rings (SSSR count). The number of carbonyl (C=O) groups is 1. The number of rotatable bonds is 5.